The Morgan fingerprint density at radius 3 is 2.62 bits per heavy atom. The van der Waals surface area contributed by atoms with Gasteiger partial charge in [0, 0.05) is 6.42 Å². The number of nitrogens with two attached hydrogens (primary N) is 1. The summed E-state index contributed by atoms with van der Waals surface area (Å²) >= 11 is 0. The van der Waals surface area contributed by atoms with Gasteiger partial charge < -0.3 is 10.8 Å². The number of amides is 1. The van der Waals surface area contributed by atoms with Crippen molar-refractivity contribution in [1.29, 1.82) is 0 Å². The normalized spacial score (nSPS) is 10.6. The molecule has 1 aromatic carbocycles. The molecule has 4 nitrogen and oxygen atoms in total. The van der Waals surface area contributed by atoms with Crippen LogP contribution in [-0.4, -0.2) is 17.0 Å². The summed E-state index contributed by atoms with van der Waals surface area (Å²) in [6.45, 7) is 0. The maximum absolute atomic E-state index is 13.0. The van der Waals surface area contributed by atoms with Gasteiger partial charge in [-0.15, -0.1) is 0 Å². The van der Waals surface area contributed by atoms with Crippen LogP contribution in [0.5, 0.6) is 0 Å². The zero-order valence-corrected chi connectivity index (χ0v) is 8.31. The quantitative estimate of drug-likeness (QED) is 0.809. The molecule has 84 valence electrons. The van der Waals surface area contributed by atoms with E-state index in [0.717, 1.165) is 6.07 Å². The second-order valence-electron chi connectivity index (χ2n) is 3.15. The second-order valence-corrected chi connectivity index (χ2v) is 3.15. The first-order chi connectivity index (χ1) is 7.49. The van der Waals surface area contributed by atoms with Crippen LogP contribution in [0, 0.1) is 5.82 Å². The van der Waals surface area contributed by atoms with Gasteiger partial charge in [0.15, 0.2) is 0 Å². The van der Waals surface area contributed by atoms with Gasteiger partial charge in [0.25, 0.3) is 0 Å². The summed E-state index contributed by atoms with van der Waals surface area (Å²) in [5.74, 6) is -2.35. The van der Waals surface area contributed by atoms with Crippen molar-refractivity contribution < 1.29 is 19.1 Å². The van der Waals surface area contributed by atoms with Gasteiger partial charge in [-0.1, -0.05) is 12.2 Å². The number of carboxylic acids is 1. The third-order valence-electron chi connectivity index (χ3n) is 1.80. The molecular formula is C11H10FNO3. The minimum absolute atomic E-state index is 0.0267. The zero-order valence-electron chi connectivity index (χ0n) is 8.31. The number of aromatic carboxylic acids is 1. The van der Waals surface area contributed by atoms with E-state index in [9.17, 15) is 14.0 Å². The Kier molecular flexibility index (Phi) is 3.77. The molecule has 5 heteroatoms. The van der Waals surface area contributed by atoms with E-state index in [-0.39, 0.29) is 12.0 Å². The van der Waals surface area contributed by atoms with E-state index in [1.165, 1.54) is 24.3 Å². The van der Waals surface area contributed by atoms with Crippen molar-refractivity contribution in [3.63, 3.8) is 0 Å². The highest BCUT2D eigenvalue weighted by molar-refractivity contribution is 5.88. The van der Waals surface area contributed by atoms with Gasteiger partial charge >= 0.3 is 5.97 Å². The number of rotatable bonds is 4. The van der Waals surface area contributed by atoms with Crippen LogP contribution in [0.3, 0.4) is 0 Å². The standard InChI is InChI=1S/C11H10FNO3/c12-9-5-7(2-1-3-10(13)14)4-8(6-9)11(15)16/h1-2,4-6H,3H2,(H2,13,14)(H,15,16). The Morgan fingerprint density at radius 2 is 2.06 bits per heavy atom. The van der Waals surface area contributed by atoms with Gasteiger partial charge in [0.1, 0.15) is 5.82 Å². The number of hydrogen-bond acceptors (Lipinski definition) is 2. The molecule has 1 rings (SSSR count). The molecule has 1 amide bonds. The van der Waals surface area contributed by atoms with E-state index in [0.29, 0.717) is 5.56 Å². The SMILES string of the molecule is NC(=O)CC=Cc1cc(F)cc(C(=O)O)c1. The Morgan fingerprint density at radius 1 is 1.38 bits per heavy atom. The van der Waals surface area contributed by atoms with Gasteiger partial charge in [-0.05, 0) is 23.8 Å². The summed E-state index contributed by atoms with van der Waals surface area (Å²) in [6.07, 6.45) is 2.92. The number of carbonyl (C=O) groups excluding carboxylic acids is 1. The predicted octanol–water partition coefficient (Wildman–Crippen LogP) is 1.41. The molecule has 0 aliphatic carbocycles. The molecule has 1 aromatic rings. The Balaban J connectivity index is 2.92. The molecule has 0 saturated carbocycles. The molecule has 0 aliphatic rings. The van der Waals surface area contributed by atoms with Crippen LogP contribution < -0.4 is 5.73 Å². The van der Waals surface area contributed by atoms with E-state index < -0.39 is 17.7 Å². The number of halogens is 1. The zero-order chi connectivity index (χ0) is 12.1. The van der Waals surface area contributed by atoms with Crippen LogP contribution in [-0.2, 0) is 4.79 Å². The molecule has 3 N–H and O–H groups in total. The molecule has 0 unspecified atom stereocenters. The highest BCUT2D eigenvalue weighted by Gasteiger charge is 2.05. The van der Waals surface area contributed by atoms with Gasteiger partial charge in [-0.25, -0.2) is 9.18 Å². The third-order valence-corrected chi connectivity index (χ3v) is 1.80. The molecule has 0 spiro atoms. The minimum Gasteiger partial charge on any atom is -0.478 e. The number of carboxylic acid groups (broad SMARTS) is 1. The monoisotopic (exact) mass is 223 g/mol. The van der Waals surface area contributed by atoms with Crippen molar-refractivity contribution in [2.75, 3.05) is 0 Å². The number of benzene rings is 1. The smallest absolute Gasteiger partial charge is 0.335 e. The highest BCUT2D eigenvalue weighted by Crippen LogP contribution is 2.11. The van der Waals surface area contributed by atoms with Gasteiger partial charge in [0.2, 0.25) is 5.91 Å². The number of carbonyl (C=O) groups is 2. The molecular weight excluding hydrogens is 213 g/mol. The summed E-state index contributed by atoms with van der Waals surface area (Å²) in [5, 5.41) is 8.68. The maximum Gasteiger partial charge on any atom is 0.335 e. The largest absolute Gasteiger partial charge is 0.478 e. The lowest BCUT2D eigenvalue weighted by Gasteiger charge is -1.98. The lowest BCUT2D eigenvalue weighted by Crippen LogP contribution is -2.07. The molecule has 0 aromatic heterocycles. The Labute approximate surface area is 91.2 Å². The average Bonchev–Trinajstić information content (AvgIpc) is 2.16. The van der Waals surface area contributed by atoms with Crippen molar-refractivity contribution in [2.45, 2.75) is 6.42 Å². The summed E-state index contributed by atoms with van der Waals surface area (Å²) in [6, 6.07) is 3.40. The fourth-order valence-electron chi connectivity index (χ4n) is 1.14. The van der Waals surface area contributed by atoms with Crippen LogP contribution in [0.2, 0.25) is 0 Å². The highest BCUT2D eigenvalue weighted by atomic mass is 19.1. The van der Waals surface area contributed by atoms with Gasteiger partial charge in [-0.3, -0.25) is 4.79 Å². The molecule has 0 saturated heterocycles. The molecule has 0 radical (unpaired) electrons. The summed E-state index contributed by atoms with van der Waals surface area (Å²) in [5.41, 5.74) is 5.14. The van der Waals surface area contributed by atoms with E-state index in [4.69, 9.17) is 10.8 Å². The molecule has 0 heterocycles. The fraction of sp³-hybridized carbons (Fsp3) is 0.0909. The second kappa shape index (κ2) is 5.06. The average molecular weight is 223 g/mol. The van der Waals surface area contributed by atoms with Gasteiger partial charge in [-0.2, -0.15) is 0 Å². The van der Waals surface area contributed by atoms with Crippen molar-refractivity contribution >= 4 is 18.0 Å². The maximum atomic E-state index is 13.0. The number of hydrogen-bond donors (Lipinski definition) is 2. The molecule has 16 heavy (non-hydrogen) atoms. The topological polar surface area (TPSA) is 80.4 Å². The fourth-order valence-corrected chi connectivity index (χ4v) is 1.14. The van der Waals surface area contributed by atoms with Crippen molar-refractivity contribution in [3.8, 4) is 0 Å². The first-order valence-electron chi connectivity index (χ1n) is 4.48. The summed E-state index contributed by atoms with van der Waals surface area (Å²) in [4.78, 5) is 21.1. The molecule has 0 bridgehead atoms. The molecule has 0 aliphatic heterocycles. The summed E-state index contributed by atoms with van der Waals surface area (Å²) in [7, 11) is 0. The van der Waals surface area contributed by atoms with Crippen molar-refractivity contribution in [3.05, 3.63) is 41.2 Å². The van der Waals surface area contributed by atoms with Crippen LogP contribution in [0.15, 0.2) is 24.3 Å². The van der Waals surface area contributed by atoms with E-state index in [1.807, 2.05) is 0 Å². The first-order valence-corrected chi connectivity index (χ1v) is 4.48. The number of primary amides is 1. The summed E-state index contributed by atoms with van der Waals surface area (Å²) < 4.78 is 13.0. The Bertz CT molecular complexity index is 455. The van der Waals surface area contributed by atoms with E-state index in [2.05, 4.69) is 0 Å². The first kappa shape index (κ1) is 11.9. The van der Waals surface area contributed by atoms with Crippen molar-refractivity contribution in [2.24, 2.45) is 5.73 Å². The lowest BCUT2D eigenvalue weighted by molar-refractivity contribution is -0.117. The third kappa shape index (κ3) is 3.53. The molecule has 0 fully saturated rings. The van der Waals surface area contributed by atoms with E-state index >= 15 is 0 Å². The van der Waals surface area contributed by atoms with Gasteiger partial charge in [0.05, 0.1) is 5.56 Å². The van der Waals surface area contributed by atoms with Crippen LogP contribution >= 0.6 is 0 Å². The Hall–Kier alpha value is -2.17. The van der Waals surface area contributed by atoms with Crippen LogP contribution in [0.4, 0.5) is 4.39 Å². The lowest BCUT2D eigenvalue weighted by atomic mass is 10.1. The predicted molar refractivity (Wildman–Crippen MR) is 56.2 cm³/mol. The van der Waals surface area contributed by atoms with Crippen LogP contribution in [0.25, 0.3) is 6.08 Å². The van der Waals surface area contributed by atoms with Crippen molar-refractivity contribution in [1.82, 2.24) is 0 Å². The minimum atomic E-state index is -1.20. The molecule has 0 atom stereocenters. The van der Waals surface area contributed by atoms with Crippen LogP contribution in [0.1, 0.15) is 22.3 Å². The van der Waals surface area contributed by atoms with E-state index in [1.54, 1.807) is 0 Å².